The highest BCUT2D eigenvalue weighted by Crippen LogP contribution is 2.29. The molecule has 1 aromatic carbocycles. The number of allylic oxidation sites excluding steroid dienone is 2. The number of nitrogens with one attached hydrogen (secondary N) is 1. The molecule has 0 amide bonds. The van der Waals surface area contributed by atoms with Crippen molar-refractivity contribution in [3.8, 4) is 5.75 Å². The lowest BCUT2D eigenvalue weighted by atomic mass is 10.1. The summed E-state index contributed by atoms with van der Waals surface area (Å²) in [6, 6.07) is 5.78. The zero-order chi connectivity index (χ0) is 15.4. The van der Waals surface area contributed by atoms with Gasteiger partial charge in [-0.25, -0.2) is 4.21 Å². The first-order valence-electron chi connectivity index (χ1n) is 6.50. The van der Waals surface area contributed by atoms with Gasteiger partial charge >= 0.3 is 0 Å². The van der Waals surface area contributed by atoms with Crippen molar-refractivity contribution in [2.45, 2.75) is 13.8 Å². The monoisotopic (exact) mass is 306 g/mol. The number of anilines is 1. The van der Waals surface area contributed by atoms with E-state index < -0.39 is 11.3 Å². The van der Waals surface area contributed by atoms with E-state index in [1.807, 2.05) is 36.9 Å². The van der Waals surface area contributed by atoms with Crippen LogP contribution < -0.4 is 14.4 Å². The Hall–Kier alpha value is -2.05. The van der Waals surface area contributed by atoms with E-state index in [-0.39, 0.29) is 0 Å². The van der Waals surface area contributed by atoms with Crippen LogP contribution in [0.3, 0.4) is 0 Å². The van der Waals surface area contributed by atoms with Crippen molar-refractivity contribution >= 4 is 17.0 Å². The first-order valence-corrected chi connectivity index (χ1v) is 7.61. The summed E-state index contributed by atoms with van der Waals surface area (Å²) < 4.78 is 27.7. The van der Waals surface area contributed by atoms with E-state index in [9.17, 15) is 4.21 Å². The minimum atomic E-state index is -2.10. The minimum Gasteiger partial charge on any atom is -0.494 e. The molecule has 1 aliphatic rings. The molecule has 0 saturated carbocycles. The van der Waals surface area contributed by atoms with Gasteiger partial charge in [-0.1, -0.05) is 6.58 Å². The van der Waals surface area contributed by atoms with Gasteiger partial charge in [-0.05, 0) is 49.8 Å². The van der Waals surface area contributed by atoms with Crippen LogP contribution in [0.4, 0.5) is 5.69 Å². The highest BCUT2D eigenvalue weighted by atomic mass is 32.2. The number of rotatable bonds is 5. The predicted molar refractivity (Wildman–Crippen MR) is 85.1 cm³/mol. The molecule has 21 heavy (non-hydrogen) atoms. The highest BCUT2D eigenvalue weighted by Gasteiger charge is 2.14. The van der Waals surface area contributed by atoms with E-state index in [4.69, 9.17) is 9.29 Å². The quantitative estimate of drug-likeness (QED) is 0.821. The molecule has 0 fully saturated rings. The Morgan fingerprint density at radius 2 is 2.19 bits per heavy atom. The molecule has 0 saturated heterocycles. The molecule has 1 aliphatic heterocycles. The van der Waals surface area contributed by atoms with Gasteiger partial charge in [0.15, 0.2) is 0 Å². The Bertz CT molecular complexity index is 638. The molecule has 0 bridgehead atoms. The second-order valence-electron chi connectivity index (χ2n) is 4.51. The van der Waals surface area contributed by atoms with Crippen molar-refractivity contribution < 1.29 is 13.5 Å². The van der Waals surface area contributed by atoms with Crippen LogP contribution in [-0.4, -0.2) is 15.4 Å². The first-order chi connectivity index (χ1) is 10.0. The fraction of sp³-hybridized carbons (Fsp3) is 0.200. The predicted octanol–water partition coefficient (Wildman–Crippen LogP) is 2.85. The average molecular weight is 306 g/mol. The first kappa shape index (κ1) is 15.3. The van der Waals surface area contributed by atoms with Gasteiger partial charge in [0, 0.05) is 17.6 Å². The number of hydrogen-bond donors (Lipinski definition) is 2. The lowest BCUT2D eigenvalue weighted by molar-refractivity contribution is 0.340. The Morgan fingerprint density at radius 3 is 2.81 bits per heavy atom. The normalized spacial score (nSPS) is 15.7. The zero-order valence-electron chi connectivity index (χ0n) is 12.0. The maximum absolute atomic E-state index is 10.8. The molecular formula is C15H18N2O3S. The summed E-state index contributed by atoms with van der Waals surface area (Å²) in [5, 5.41) is 0. The summed E-state index contributed by atoms with van der Waals surface area (Å²) in [4.78, 5) is 1.86. The van der Waals surface area contributed by atoms with Crippen LogP contribution in [-0.2, 0) is 11.3 Å². The van der Waals surface area contributed by atoms with Crippen LogP contribution in [0.15, 0.2) is 54.5 Å². The van der Waals surface area contributed by atoms with Gasteiger partial charge in [0.2, 0.25) is 0 Å². The van der Waals surface area contributed by atoms with Crippen LogP contribution in [0.1, 0.15) is 12.5 Å². The lowest BCUT2D eigenvalue weighted by Crippen LogP contribution is -2.23. The van der Waals surface area contributed by atoms with Crippen molar-refractivity contribution in [2.75, 3.05) is 11.5 Å². The third-order valence-corrected chi connectivity index (χ3v) is 3.39. The fourth-order valence-electron chi connectivity index (χ4n) is 2.07. The third-order valence-electron chi connectivity index (χ3n) is 2.98. The molecule has 0 aliphatic carbocycles. The molecule has 5 nitrogen and oxygen atoms in total. The zero-order valence-corrected chi connectivity index (χ0v) is 12.8. The molecule has 6 heteroatoms. The molecule has 0 radical (unpaired) electrons. The second-order valence-corrected chi connectivity index (χ2v) is 5.21. The maximum Gasteiger partial charge on any atom is 0.259 e. The molecule has 1 aromatic rings. The summed E-state index contributed by atoms with van der Waals surface area (Å²) >= 11 is -2.10. The molecule has 0 aromatic heterocycles. The summed E-state index contributed by atoms with van der Waals surface area (Å²) in [6.45, 7) is 8.52. The van der Waals surface area contributed by atoms with Crippen molar-refractivity contribution in [1.82, 2.24) is 4.72 Å². The van der Waals surface area contributed by atoms with Crippen molar-refractivity contribution in [2.24, 2.45) is 0 Å². The van der Waals surface area contributed by atoms with Gasteiger partial charge in [-0.3, -0.25) is 9.27 Å². The van der Waals surface area contributed by atoms with E-state index in [2.05, 4.69) is 11.3 Å². The summed E-state index contributed by atoms with van der Waals surface area (Å²) in [5.74, 6) is 0.815. The van der Waals surface area contributed by atoms with E-state index >= 15 is 0 Å². The van der Waals surface area contributed by atoms with E-state index in [0.717, 1.165) is 22.7 Å². The van der Waals surface area contributed by atoms with Gasteiger partial charge in [0.05, 0.1) is 12.3 Å². The number of aryl methyl sites for hydroxylation is 1. The molecule has 1 unspecified atom stereocenters. The Labute approximate surface area is 127 Å². The summed E-state index contributed by atoms with van der Waals surface area (Å²) in [5.41, 5.74) is 3.28. The molecular weight excluding hydrogens is 288 g/mol. The Balaban J connectivity index is 2.31. The third kappa shape index (κ3) is 3.74. The van der Waals surface area contributed by atoms with Gasteiger partial charge in [-0.15, -0.1) is 0 Å². The minimum absolute atomic E-state index is 0.538. The number of benzene rings is 1. The number of nitrogens with zero attached hydrogens (tertiary/aromatic N) is 1. The van der Waals surface area contributed by atoms with Gasteiger partial charge in [0.25, 0.3) is 11.3 Å². The topological polar surface area (TPSA) is 61.8 Å². The van der Waals surface area contributed by atoms with Gasteiger partial charge < -0.3 is 9.64 Å². The largest absolute Gasteiger partial charge is 0.494 e. The van der Waals surface area contributed by atoms with E-state index in [1.165, 1.54) is 0 Å². The van der Waals surface area contributed by atoms with Crippen LogP contribution >= 0.6 is 0 Å². The summed E-state index contributed by atoms with van der Waals surface area (Å²) in [7, 11) is 0. The van der Waals surface area contributed by atoms with Crippen LogP contribution in [0, 0.1) is 6.92 Å². The maximum atomic E-state index is 10.8. The van der Waals surface area contributed by atoms with Gasteiger partial charge in [0.1, 0.15) is 5.75 Å². The van der Waals surface area contributed by atoms with Crippen LogP contribution in [0.25, 0.3) is 0 Å². The fourth-order valence-corrected chi connectivity index (χ4v) is 2.39. The molecule has 1 heterocycles. The van der Waals surface area contributed by atoms with Crippen LogP contribution in [0.2, 0.25) is 0 Å². The second kappa shape index (κ2) is 6.60. The summed E-state index contributed by atoms with van der Waals surface area (Å²) in [6.07, 6.45) is 5.22. The molecule has 0 spiro atoms. The van der Waals surface area contributed by atoms with Crippen molar-refractivity contribution in [3.05, 3.63) is 60.1 Å². The smallest absolute Gasteiger partial charge is 0.259 e. The molecule has 1 atom stereocenters. The van der Waals surface area contributed by atoms with E-state index in [0.29, 0.717) is 12.3 Å². The number of ether oxygens (including phenoxy) is 1. The van der Waals surface area contributed by atoms with Gasteiger partial charge in [-0.2, -0.15) is 0 Å². The average Bonchev–Trinajstić information content (AvgIpc) is 2.41. The lowest BCUT2D eigenvalue weighted by Gasteiger charge is -2.27. The van der Waals surface area contributed by atoms with Crippen LogP contribution in [0.5, 0.6) is 5.75 Å². The van der Waals surface area contributed by atoms with E-state index in [1.54, 1.807) is 18.4 Å². The molecule has 2 N–H and O–H groups in total. The highest BCUT2D eigenvalue weighted by molar-refractivity contribution is 7.77. The Morgan fingerprint density at radius 1 is 1.43 bits per heavy atom. The molecule has 112 valence electrons. The van der Waals surface area contributed by atoms with Crippen molar-refractivity contribution in [3.63, 3.8) is 0 Å². The standard InChI is InChI=1S/C15H18N2O3S/c1-4-20-14-7-8-15(11(2)9-14)17-10-13(16-21(18)19)6-5-12(17)3/h5-10,16H,3-4H2,1-2H3,(H,18,19). The molecule has 2 rings (SSSR count). The van der Waals surface area contributed by atoms with Crippen molar-refractivity contribution in [1.29, 1.82) is 0 Å². The number of hydrogen-bond acceptors (Lipinski definition) is 3. The SMILES string of the molecule is C=C1C=CC(NS(=O)O)=CN1c1ccc(OCC)cc1C. The Kier molecular flexibility index (Phi) is 4.82.